The van der Waals surface area contributed by atoms with Crippen molar-refractivity contribution < 1.29 is 8.39 Å². The van der Waals surface area contributed by atoms with E-state index in [9.17, 15) is 4.21 Å². The van der Waals surface area contributed by atoms with E-state index in [-0.39, 0.29) is 0 Å². The van der Waals surface area contributed by atoms with Crippen LogP contribution < -0.4 is 0 Å². The van der Waals surface area contributed by atoms with Crippen LogP contribution in [0.3, 0.4) is 0 Å². The normalized spacial score (nSPS) is 12.9. The van der Waals surface area contributed by atoms with E-state index in [0.29, 0.717) is 4.90 Å². The Morgan fingerprint density at radius 3 is 2.82 bits per heavy atom. The van der Waals surface area contributed by atoms with Gasteiger partial charge >= 0.3 is 0 Å². The zero-order chi connectivity index (χ0) is 8.27. The first-order chi connectivity index (χ1) is 5.24. The summed E-state index contributed by atoms with van der Waals surface area (Å²) in [5.41, 5.74) is 0. The fourth-order valence-electron chi connectivity index (χ4n) is 0.667. The highest BCUT2D eigenvalue weighted by Gasteiger charge is 2.00. The minimum absolute atomic E-state index is 0.668. The van der Waals surface area contributed by atoms with Crippen molar-refractivity contribution in [1.29, 1.82) is 0 Å². The predicted molar refractivity (Wildman–Crippen MR) is 47.6 cm³/mol. The first kappa shape index (κ1) is 8.90. The van der Waals surface area contributed by atoms with Crippen LogP contribution in [0.1, 0.15) is 0 Å². The van der Waals surface area contributed by atoms with Crippen molar-refractivity contribution in [3.05, 3.63) is 28.7 Å². The average molecular weight is 235 g/mol. The van der Waals surface area contributed by atoms with E-state index in [4.69, 9.17) is 0 Å². The van der Waals surface area contributed by atoms with E-state index >= 15 is 0 Å². The number of benzene rings is 1. The van der Waals surface area contributed by atoms with Crippen LogP contribution in [0.15, 0.2) is 33.6 Å². The summed E-state index contributed by atoms with van der Waals surface area (Å²) < 4.78 is 16.6. The molecule has 1 aromatic rings. The second-order valence-electron chi connectivity index (χ2n) is 1.86. The van der Waals surface area contributed by atoms with Gasteiger partial charge in [-0.05, 0) is 18.2 Å². The van der Waals surface area contributed by atoms with E-state index in [1.54, 1.807) is 12.1 Å². The van der Waals surface area contributed by atoms with Gasteiger partial charge in [-0.3, -0.25) is 4.18 Å². The SMILES string of the molecule is CO[S@@](=O)c1cccc(Br)c1. The van der Waals surface area contributed by atoms with Crippen molar-refractivity contribution >= 4 is 27.0 Å². The summed E-state index contributed by atoms with van der Waals surface area (Å²) in [5, 5.41) is 0. The second-order valence-corrected chi connectivity index (χ2v) is 4.05. The Labute approximate surface area is 76.4 Å². The maximum atomic E-state index is 11.0. The molecule has 11 heavy (non-hydrogen) atoms. The van der Waals surface area contributed by atoms with Gasteiger partial charge in [0.2, 0.25) is 0 Å². The first-order valence-electron chi connectivity index (χ1n) is 2.96. The molecule has 0 saturated carbocycles. The van der Waals surface area contributed by atoms with Gasteiger partial charge in [-0.1, -0.05) is 22.0 Å². The number of halogens is 1. The molecular weight excluding hydrogens is 228 g/mol. The molecule has 0 aromatic heterocycles. The molecule has 0 saturated heterocycles. The Balaban J connectivity index is 2.96. The number of hydrogen-bond acceptors (Lipinski definition) is 2. The Kier molecular flexibility index (Phi) is 3.23. The van der Waals surface area contributed by atoms with Gasteiger partial charge in [-0.25, -0.2) is 4.21 Å². The molecule has 0 fully saturated rings. The Bertz CT molecular complexity index is 275. The number of hydrogen-bond donors (Lipinski definition) is 0. The van der Waals surface area contributed by atoms with Crippen molar-refractivity contribution in [2.75, 3.05) is 7.11 Å². The summed E-state index contributed by atoms with van der Waals surface area (Å²) in [4.78, 5) is 0.668. The minimum Gasteiger partial charge on any atom is -0.290 e. The van der Waals surface area contributed by atoms with Crippen LogP contribution in [0.4, 0.5) is 0 Å². The molecule has 4 heteroatoms. The smallest absolute Gasteiger partial charge is 0.188 e. The summed E-state index contributed by atoms with van der Waals surface area (Å²) in [6.07, 6.45) is 0. The lowest BCUT2D eigenvalue weighted by atomic mass is 10.4. The zero-order valence-electron chi connectivity index (χ0n) is 5.91. The molecular formula is C7H7BrO2S. The van der Waals surface area contributed by atoms with Gasteiger partial charge in [0, 0.05) is 4.47 Å². The molecule has 0 aliphatic carbocycles. The van der Waals surface area contributed by atoms with E-state index in [2.05, 4.69) is 20.1 Å². The summed E-state index contributed by atoms with van der Waals surface area (Å²) in [7, 11) is 1.41. The molecule has 0 bridgehead atoms. The summed E-state index contributed by atoms with van der Waals surface area (Å²) in [5.74, 6) is 0. The molecule has 2 nitrogen and oxygen atoms in total. The van der Waals surface area contributed by atoms with Crippen molar-refractivity contribution in [1.82, 2.24) is 0 Å². The molecule has 0 radical (unpaired) electrons. The average Bonchev–Trinajstić information content (AvgIpc) is 2.03. The van der Waals surface area contributed by atoms with Crippen molar-refractivity contribution in [3.63, 3.8) is 0 Å². The van der Waals surface area contributed by atoms with Crippen LogP contribution in [-0.2, 0) is 15.3 Å². The standard InChI is InChI=1S/C7H7BrO2S/c1-10-11(9)7-4-2-3-6(8)5-7/h2-5H,1H3/t11-/m1/s1. The van der Waals surface area contributed by atoms with E-state index < -0.39 is 11.1 Å². The molecule has 60 valence electrons. The summed E-state index contributed by atoms with van der Waals surface area (Å²) in [6.45, 7) is 0. The van der Waals surface area contributed by atoms with Crippen molar-refractivity contribution in [2.45, 2.75) is 4.90 Å². The third-order valence-corrected chi connectivity index (χ3v) is 2.57. The molecule has 0 amide bonds. The zero-order valence-corrected chi connectivity index (χ0v) is 8.31. The lowest BCUT2D eigenvalue weighted by molar-refractivity contribution is 0.445. The van der Waals surface area contributed by atoms with Crippen LogP contribution >= 0.6 is 15.9 Å². The Morgan fingerprint density at radius 1 is 1.55 bits per heavy atom. The third kappa shape index (κ3) is 2.39. The van der Waals surface area contributed by atoms with E-state index in [1.807, 2.05) is 12.1 Å². The molecule has 0 aliphatic rings. The van der Waals surface area contributed by atoms with Gasteiger partial charge in [0.15, 0.2) is 11.1 Å². The monoisotopic (exact) mass is 234 g/mol. The Morgan fingerprint density at radius 2 is 2.27 bits per heavy atom. The van der Waals surface area contributed by atoms with Gasteiger partial charge in [0.05, 0.1) is 12.0 Å². The van der Waals surface area contributed by atoms with Gasteiger partial charge in [-0.2, -0.15) is 0 Å². The lowest BCUT2D eigenvalue weighted by Gasteiger charge is -1.97. The van der Waals surface area contributed by atoms with Gasteiger partial charge < -0.3 is 0 Å². The van der Waals surface area contributed by atoms with Gasteiger partial charge in [0.1, 0.15) is 0 Å². The molecule has 0 unspecified atom stereocenters. The maximum Gasteiger partial charge on any atom is 0.188 e. The van der Waals surface area contributed by atoms with Crippen molar-refractivity contribution in [3.8, 4) is 0 Å². The van der Waals surface area contributed by atoms with Crippen LogP contribution in [-0.4, -0.2) is 11.3 Å². The van der Waals surface area contributed by atoms with Gasteiger partial charge in [-0.15, -0.1) is 0 Å². The predicted octanol–water partition coefficient (Wildman–Crippen LogP) is 2.12. The topological polar surface area (TPSA) is 26.3 Å². The Hall–Kier alpha value is -0.190. The molecule has 1 rings (SSSR count). The first-order valence-corrected chi connectivity index (χ1v) is 4.82. The van der Waals surface area contributed by atoms with Crippen LogP contribution in [0.25, 0.3) is 0 Å². The molecule has 0 heterocycles. The highest BCUT2D eigenvalue weighted by molar-refractivity contribution is 9.10. The summed E-state index contributed by atoms with van der Waals surface area (Å²) >= 11 is 1.94. The van der Waals surface area contributed by atoms with Crippen LogP contribution in [0, 0.1) is 0 Å². The lowest BCUT2D eigenvalue weighted by Crippen LogP contribution is -1.91. The minimum atomic E-state index is -1.33. The van der Waals surface area contributed by atoms with Crippen LogP contribution in [0.2, 0.25) is 0 Å². The third-order valence-electron chi connectivity index (χ3n) is 1.14. The molecule has 0 spiro atoms. The molecule has 1 atom stereocenters. The fraction of sp³-hybridized carbons (Fsp3) is 0.143. The highest BCUT2D eigenvalue weighted by atomic mass is 79.9. The number of rotatable bonds is 2. The van der Waals surface area contributed by atoms with Gasteiger partial charge in [0.25, 0.3) is 0 Å². The fourth-order valence-corrected chi connectivity index (χ4v) is 1.82. The van der Waals surface area contributed by atoms with E-state index in [0.717, 1.165) is 4.47 Å². The quantitative estimate of drug-likeness (QED) is 0.784. The highest BCUT2D eigenvalue weighted by Crippen LogP contribution is 2.14. The summed E-state index contributed by atoms with van der Waals surface area (Å²) in [6, 6.07) is 7.21. The van der Waals surface area contributed by atoms with Crippen molar-refractivity contribution in [2.24, 2.45) is 0 Å². The molecule has 1 aromatic carbocycles. The largest absolute Gasteiger partial charge is 0.290 e. The van der Waals surface area contributed by atoms with E-state index in [1.165, 1.54) is 7.11 Å². The second kappa shape index (κ2) is 3.99. The maximum absolute atomic E-state index is 11.0. The van der Waals surface area contributed by atoms with Crippen LogP contribution in [0.5, 0.6) is 0 Å². The molecule has 0 aliphatic heterocycles. The molecule has 0 N–H and O–H groups in total.